The van der Waals surface area contributed by atoms with E-state index in [1.165, 1.54) is 25.1 Å². The number of phenols is 1. The van der Waals surface area contributed by atoms with Gasteiger partial charge in [0.15, 0.2) is 17.3 Å². The monoisotopic (exact) mass is 420 g/mol. The standard InChI is InChI=1S/C21H22ClFN2O4/c1-3-29-19-12-15(10-16(22)20(19)27)21(28)25-8-6-24(7-9-25)18-5-4-14(13(2)26)11-17(18)23/h4-5,10-12,27H,3,6-9H2,1-2H3. The second kappa shape index (κ2) is 8.69. The molecule has 1 aliphatic heterocycles. The van der Waals surface area contributed by atoms with Crippen LogP contribution in [0.4, 0.5) is 10.1 Å². The summed E-state index contributed by atoms with van der Waals surface area (Å²) in [5, 5.41) is 9.99. The number of carbonyl (C=O) groups excluding carboxylic acids is 2. The molecular formula is C21H22ClFN2O4. The maximum Gasteiger partial charge on any atom is 0.254 e. The molecule has 3 rings (SSSR count). The Balaban J connectivity index is 1.71. The van der Waals surface area contributed by atoms with Crippen molar-refractivity contribution < 1.29 is 23.8 Å². The number of halogens is 2. The minimum Gasteiger partial charge on any atom is -0.503 e. The molecule has 1 fully saturated rings. The molecule has 0 saturated carbocycles. The fourth-order valence-electron chi connectivity index (χ4n) is 3.28. The lowest BCUT2D eigenvalue weighted by Crippen LogP contribution is -2.49. The van der Waals surface area contributed by atoms with Crippen molar-refractivity contribution in [2.75, 3.05) is 37.7 Å². The maximum absolute atomic E-state index is 14.4. The fourth-order valence-corrected chi connectivity index (χ4v) is 3.49. The molecule has 0 spiro atoms. The van der Waals surface area contributed by atoms with Gasteiger partial charge >= 0.3 is 0 Å². The summed E-state index contributed by atoms with van der Waals surface area (Å²) in [5.74, 6) is -0.914. The van der Waals surface area contributed by atoms with E-state index in [9.17, 15) is 19.1 Å². The van der Waals surface area contributed by atoms with E-state index in [2.05, 4.69) is 0 Å². The lowest BCUT2D eigenvalue weighted by molar-refractivity contribution is 0.0746. The average Bonchev–Trinajstić information content (AvgIpc) is 2.71. The first-order chi connectivity index (χ1) is 13.8. The molecule has 1 heterocycles. The smallest absolute Gasteiger partial charge is 0.254 e. The molecule has 1 amide bonds. The van der Waals surface area contributed by atoms with Gasteiger partial charge in [0, 0.05) is 37.3 Å². The van der Waals surface area contributed by atoms with Crippen molar-refractivity contribution in [2.45, 2.75) is 13.8 Å². The van der Waals surface area contributed by atoms with Gasteiger partial charge in [0.05, 0.1) is 17.3 Å². The quantitative estimate of drug-likeness (QED) is 0.746. The molecule has 0 radical (unpaired) electrons. The summed E-state index contributed by atoms with van der Waals surface area (Å²) in [4.78, 5) is 27.7. The lowest BCUT2D eigenvalue weighted by Gasteiger charge is -2.36. The predicted molar refractivity (Wildman–Crippen MR) is 109 cm³/mol. The number of aromatic hydroxyl groups is 1. The summed E-state index contributed by atoms with van der Waals surface area (Å²) in [6.07, 6.45) is 0. The second-order valence-electron chi connectivity index (χ2n) is 6.74. The van der Waals surface area contributed by atoms with Crippen LogP contribution in [0, 0.1) is 5.82 Å². The molecule has 0 unspecified atom stereocenters. The molecule has 0 atom stereocenters. The predicted octanol–water partition coefficient (Wildman–Crippen LogP) is 3.75. The number of anilines is 1. The third kappa shape index (κ3) is 4.45. The van der Waals surface area contributed by atoms with Crippen molar-refractivity contribution in [1.82, 2.24) is 4.90 Å². The van der Waals surface area contributed by atoms with E-state index < -0.39 is 5.82 Å². The maximum atomic E-state index is 14.4. The van der Waals surface area contributed by atoms with E-state index in [4.69, 9.17) is 16.3 Å². The first kappa shape index (κ1) is 20.9. The zero-order valence-corrected chi connectivity index (χ0v) is 17.0. The van der Waals surface area contributed by atoms with Crippen LogP contribution >= 0.6 is 11.6 Å². The number of rotatable bonds is 5. The van der Waals surface area contributed by atoms with Crippen molar-refractivity contribution in [3.8, 4) is 11.5 Å². The van der Waals surface area contributed by atoms with E-state index in [0.29, 0.717) is 49.6 Å². The summed E-state index contributed by atoms with van der Waals surface area (Å²) >= 11 is 6.02. The number of hydrogen-bond donors (Lipinski definition) is 1. The molecule has 0 bridgehead atoms. The highest BCUT2D eigenvalue weighted by molar-refractivity contribution is 6.32. The molecule has 1 saturated heterocycles. The Bertz CT molecular complexity index is 943. The van der Waals surface area contributed by atoms with Crippen molar-refractivity contribution >= 4 is 29.0 Å². The minimum absolute atomic E-state index is 0.0468. The number of nitrogens with zero attached hydrogens (tertiary/aromatic N) is 2. The largest absolute Gasteiger partial charge is 0.503 e. The Hall–Kier alpha value is -2.80. The van der Waals surface area contributed by atoms with Crippen LogP contribution in [0.2, 0.25) is 5.02 Å². The molecule has 2 aromatic rings. The Kier molecular flexibility index (Phi) is 6.27. The van der Waals surface area contributed by atoms with Gasteiger partial charge in [-0.2, -0.15) is 0 Å². The first-order valence-electron chi connectivity index (χ1n) is 9.31. The number of hydrogen-bond acceptors (Lipinski definition) is 5. The van der Waals surface area contributed by atoms with Crippen LogP contribution in [-0.2, 0) is 0 Å². The van der Waals surface area contributed by atoms with E-state index >= 15 is 0 Å². The Morgan fingerprint density at radius 3 is 2.41 bits per heavy atom. The Labute approximate surface area is 173 Å². The highest BCUT2D eigenvalue weighted by Gasteiger charge is 2.25. The highest BCUT2D eigenvalue weighted by Crippen LogP contribution is 2.35. The van der Waals surface area contributed by atoms with E-state index in [1.54, 1.807) is 24.0 Å². The lowest BCUT2D eigenvalue weighted by atomic mass is 10.1. The van der Waals surface area contributed by atoms with E-state index in [-0.39, 0.29) is 28.2 Å². The zero-order valence-electron chi connectivity index (χ0n) is 16.2. The van der Waals surface area contributed by atoms with Gasteiger partial charge in [-0.1, -0.05) is 11.6 Å². The van der Waals surface area contributed by atoms with Gasteiger partial charge in [-0.15, -0.1) is 0 Å². The van der Waals surface area contributed by atoms with Crippen LogP contribution in [0.5, 0.6) is 11.5 Å². The second-order valence-corrected chi connectivity index (χ2v) is 7.15. The molecule has 0 aromatic heterocycles. The molecule has 8 heteroatoms. The van der Waals surface area contributed by atoms with Gasteiger partial charge in [0.25, 0.3) is 5.91 Å². The third-order valence-electron chi connectivity index (χ3n) is 4.84. The van der Waals surface area contributed by atoms with E-state index in [0.717, 1.165) is 0 Å². The third-order valence-corrected chi connectivity index (χ3v) is 5.13. The van der Waals surface area contributed by atoms with Gasteiger partial charge in [0.2, 0.25) is 0 Å². The number of Topliss-reactive ketones (excluding diaryl/α,β-unsaturated/α-hetero) is 1. The number of amides is 1. The zero-order chi connectivity index (χ0) is 21.1. The van der Waals surface area contributed by atoms with Crippen molar-refractivity contribution in [1.29, 1.82) is 0 Å². The Morgan fingerprint density at radius 1 is 1.14 bits per heavy atom. The van der Waals surface area contributed by atoms with Crippen LogP contribution in [0.3, 0.4) is 0 Å². The molecule has 29 heavy (non-hydrogen) atoms. The number of benzene rings is 2. The molecule has 2 aromatic carbocycles. The first-order valence-corrected chi connectivity index (χ1v) is 9.69. The highest BCUT2D eigenvalue weighted by atomic mass is 35.5. The molecule has 1 N–H and O–H groups in total. The average molecular weight is 421 g/mol. The molecular weight excluding hydrogens is 399 g/mol. The van der Waals surface area contributed by atoms with Crippen LogP contribution in [-0.4, -0.2) is 54.5 Å². The minimum atomic E-state index is -0.454. The summed E-state index contributed by atoms with van der Waals surface area (Å²) in [6.45, 7) is 5.19. The van der Waals surface area contributed by atoms with Crippen LogP contribution in [0.15, 0.2) is 30.3 Å². The number of piperazine rings is 1. The summed E-state index contributed by atoms with van der Waals surface area (Å²) in [7, 11) is 0. The fraction of sp³-hybridized carbons (Fsp3) is 0.333. The number of ether oxygens (including phenoxy) is 1. The molecule has 0 aliphatic carbocycles. The van der Waals surface area contributed by atoms with Gasteiger partial charge in [0.1, 0.15) is 5.82 Å². The number of phenolic OH excluding ortho intramolecular Hbond substituents is 1. The number of ketones is 1. The van der Waals surface area contributed by atoms with Gasteiger partial charge in [-0.3, -0.25) is 9.59 Å². The summed E-state index contributed by atoms with van der Waals surface area (Å²) in [5.41, 5.74) is 1.06. The van der Waals surface area contributed by atoms with Crippen LogP contribution in [0.25, 0.3) is 0 Å². The topological polar surface area (TPSA) is 70.1 Å². The van der Waals surface area contributed by atoms with Crippen molar-refractivity contribution in [3.05, 3.63) is 52.3 Å². The van der Waals surface area contributed by atoms with Gasteiger partial charge in [-0.05, 0) is 44.2 Å². The van der Waals surface area contributed by atoms with Gasteiger partial charge < -0.3 is 19.6 Å². The normalized spacial score (nSPS) is 14.1. The Morgan fingerprint density at radius 2 is 1.83 bits per heavy atom. The molecule has 6 nitrogen and oxygen atoms in total. The number of carbonyl (C=O) groups is 2. The SMILES string of the molecule is CCOc1cc(C(=O)N2CCN(c3ccc(C(C)=O)cc3F)CC2)cc(Cl)c1O. The van der Waals surface area contributed by atoms with Crippen LogP contribution in [0.1, 0.15) is 34.6 Å². The summed E-state index contributed by atoms with van der Waals surface area (Å²) in [6, 6.07) is 7.32. The van der Waals surface area contributed by atoms with Crippen molar-refractivity contribution in [2.24, 2.45) is 0 Å². The van der Waals surface area contributed by atoms with Crippen molar-refractivity contribution in [3.63, 3.8) is 0 Å². The van der Waals surface area contributed by atoms with Crippen LogP contribution < -0.4 is 9.64 Å². The summed E-state index contributed by atoms with van der Waals surface area (Å²) < 4.78 is 19.7. The molecule has 1 aliphatic rings. The molecule has 154 valence electrons. The van der Waals surface area contributed by atoms with Gasteiger partial charge in [-0.25, -0.2) is 4.39 Å². The van der Waals surface area contributed by atoms with E-state index in [1.807, 2.05) is 4.90 Å².